The number of hydrogen-bond acceptors (Lipinski definition) is 6. The Labute approximate surface area is 188 Å². The highest BCUT2D eigenvalue weighted by molar-refractivity contribution is 5.84. The summed E-state index contributed by atoms with van der Waals surface area (Å²) in [6.07, 6.45) is 1.86. The number of anilines is 1. The van der Waals surface area contributed by atoms with E-state index in [4.69, 9.17) is 19.2 Å². The molecule has 0 unspecified atom stereocenters. The number of methoxy groups -OCH3 is 2. The lowest BCUT2D eigenvalue weighted by molar-refractivity contribution is 0.0769. The van der Waals surface area contributed by atoms with Crippen LogP contribution in [-0.2, 0) is 27.8 Å². The SMILES string of the molecule is COCC(COC)Cn1c(-c2cc(C)c(=O)n(C)c2)nc2cc(N3CCOCC3)ccc21. The Hall–Kier alpha value is -2.68. The first kappa shape index (κ1) is 22.5. The third-order valence-corrected chi connectivity index (χ3v) is 5.97. The number of aryl methyl sites for hydroxylation is 2. The van der Waals surface area contributed by atoms with Crippen molar-refractivity contribution in [1.29, 1.82) is 0 Å². The number of nitrogens with zero attached hydrogens (tertiary/aromatic N) is 4. The van der Waals surface area contributed by atoms with Crippen LogP contribution in [0.5, 0.6) is 0 Å². The summed E-state index contributed by atoms with van der Waals surface area (Å²) in [7, 11) is 5.20. The van der Waals surface area contributed by atoms with Gasteiger partial charge in [0.2, 0.25) is 0 Å². The van der Waals surface area contributed by atoms with Crippen molar-refractivity contribution in [2.24, 2.45) is 13.0 Å². The molecule has 0 saturated carbocycles. The van der Waals surface area contributed by atoms with Gasteiger partial charge in [-0.2, -0.15) is 0 Å². The monoisotopic (exact) mass is 440 g/mol. The molecule has 0 radical (unpaired) electrons. The van der Waals surface area contributed by atoms with Gasteiger partial charge in [-0.05, 0) is 31.2 Å². The van der Waals surface area contributed by atoms with E-state index in [1.807, 2.05) is 19.2 Å². The van der Waals surface area contributed by atoms with Crippen molar-refractivity contribution in [2.45, 2.75) is 13.5 Å². The quantitative estimate of drug-likeness (QED) is 0.536. The van der Waals surface area contributed by atoms with Crippen LogP contribution in [0.3, 0.4) is 0 Å². The summed E-state index contributed by atoms with van der Waals surface area (Å²) in [6.45, 7) is 6.96. The highest BCUT2D eigenvalue weighted by Crippen LogP contribution is 2.29. The fourth-order valence-electron chi connectivity index (χ4n) is 4.42. The minimum atomic E-state index is 0.00246. The maximum Gasteiger partial charge on any atom is 0.253 e. The number of pyridine rings is 1. The second-order valence-corrected chi connectivity index (χ2v) is 8.42. The van der Waals surface area contributed by atoms with Crippen LogP contribution in [-0.4, -0.2) is 67.9 Å². The molecule has 0 spiro atoms. The zero-order chi connectivity index (χ0) is 22.7. The third kappa shape index (κ3) is 4.57. The van der Waals surface area contributed by atoms with Gasteiger partial charge in [0, 0.05) is 69.8 Å². The molecule has 2 aromatic heterocycles. The molecule has 1 aliphatic heterocycles. The second-order valence-electron chi connectivity index (χ2n) is 8.42. The van der Waals surface area contributed by atoms with Gasteiger partial charge in [0.1, 0.15) is 5.82 Å². The lowest BCUT2D eigenvalue weighted by Crippen LogP contribution is -2.36. The number of aromatic nitrogens is 3. The van der Waals surface area contributed by atoms with Crippen LogP contribution in [0.2, 0.25) is 0 Å². The van der Waals surface area contributed by atoms with Crippen LogP contribution >= 0.6 is 0 Å². The standard InChI is InChI=1S/C24H32N4O4/c1-17-11-19(14-26(2)24(17)29)23-25-21-12-20(27-7-9-32-10-8-27)5-6-22(21)28(23)13-18(15-30-3)16-31-4/h5-6,11-12,14,18H,7-10,13,15-16H2,1-4H3. The first-order valence-electron chi connectivity index (χ1n) is 11.0. The molecule has 1 aromatic carbocycles. The zero-order valence-corrected chi connectivity index (χ0v) is 19.3. The van der Waals surface area contributed by atoms with Crippen molar-refractivity contribution < 1.29 is 14.2 Å². The Bertz CT molecular complexity index is 1100. The van der Waals surface area contributed by atoms with Crippen molar-refractivity contribution in [3.8, 4) is 11.4 Å². The van der Waals surface area contributed by atoms with Gasteiger partial charge in [-0.25, -0.2) is 4.98 Å². The molecule has 8 heteroatoms. The highest BCUT2D eigenvalue weighted by atomic mass is 16.5. The van der Waals surface area contributed by atoms with Gasteiger partial charge >= 0.3 is 0 Å². The van der Waals surface area contributed by atoms with Gasteiger partial charge < -0.3 is 28.2 Å². The van der Waals surface area contributed by atoms with Gasteiger partial charge in [0.05, 0.1) is 37.5 Å². The Morgan fingerprint density at radius 2 is 1.84 bits per heavy atom. The Morgan fingerprint density at radius 1 is 1.12 bits per heavy atom. The van der Waals surface area contributed by atoms with Crippen molar-refractivity contribution in [2.75, 3.05) is 58.6 Å². The largest absolute Gasteiger partial charge is 0.384 e. The molecule has 1 saturated heterocycles. The van der Waals surface area contributed by atoms with E-state index in [9.17, 15) is 4.79 Å². The van der Waals surface area contributed by atoms with E-state index >= 15 is 0 Å². The summed E-state index contributed by atoms with van der Waals surface area (Å²) in [6, 6.07) is 8.37. The minimum Gasteiger partial charge on any atom is -0.384 e. The van der Waals surface area contributed by atoms with Crippen molar-refractivity contribution in [1.82, 2.24) is 14.1 Å². The van der Waals surface area contributed by atoms with Crippen molar-refractivity contribution in [3.63, 3.8) is 0 Å². The molecule has 0 atom stereocenters. The third-order valence-electron chi connectivity index (χ3n) is 5.97. The van der Waals surface area contributed by atoms with E-state index in [1.165, 1.54) is 0 Å². The van der Waals surface area contributed by atoms with E-state index < -0.39 is 0 Å². The fraction of sp³-hybridized carbons (Fsp3) is 0.500. The lowest BCUT2D eigenvalue weighted by Gasteiger charge is -2.28. The first-order chi connectivity index (χ1) is 15.5. The molecular weight excluding hydrogens is 408 g/mol. The van der Waals surface area contributed by atoms with Gasteiger partial charge in [-0.15, -0.1) is 0 Å². The average Bonchev–Trinajstić information content (AvgIpc) is 3.15. The summed E-state index contributed by atoms with van der Waals surface area (Å²) in [5.74, 6) is 1.02. The predicted molar refractivity (Wildman–Crippen MR) is 125 cm³/mol. The summed E-state index contributed by atoms with van der Waals surface area (Å²) in [5, 5.41) is 0. The number of benzene rings is 1. The molecule has 0 bridgehead atoms. The van der Waals surface area contributed by atoms with E-state index in [0.29, 0.717) is 25.3 Å². The lowest BCUT2D eigenvalue weighted by atomic mass is 10.1. The van der Waals surface area contributed by atoms with Crippen molar-refractivity contribution >= 4 is 16.7 Å². The van der Waals surface area contributed by atoms with Crippen LogP contribution in [0.4, 0.5) is 5.69 Å². The smallest absolute Gasteiger partial charge is 0.253 e. The van der Waals surface area contributed by atoms with Gasteiger partial charge in [0.25, 0.3) is 5.56 Å². The van der Waals surface area contributed by atoms with Crippen LogP contribution in [0, 0.1) is 12.8 Å². The summed E-state index contributed by atoms with van der Waals surface area (Å²) in [4.78, 5) is 19.6. The second kappa shape index (κ2) is 9.85. The minimum absolute atomic E-state index is 0.00246. The van der Waals surface area contributed by atoms with E-state index in [2.05, 4.69) is 27.7 Å². The molecule has 3 heterocycles. The molecule has 172 valence electrons. The number of rotatable bonds is 8. The fourth-order valence-corrected chi connectivity index (χ4v) is 4.42. The van der Waals surface area contributed by atoms with Crippen LogP contribution in [0.1, 0.15) is 5.56 Å². The van der Waals surface area contributed by atoms with Gasteiger partial charge in [0.15, 0.2) is 0 Å². The Kier molecular flexibility index (Phi) is 6.93. The molecule has 0 amide bonds. The van der Waals surface area contributed by atoms with Crippen LogP contribution < -0.4 is 10.5 Å². The number of fused-ring (bicyclic) bond motifs is 1. The predicted octanol–water partition coefficient (Wildman–Crippen LogP) is 2.46. The van der Waals surface area contributed by atoms with E-state index in [1.54, 1.807) is 25.8 Å². The summed E-state index contributed by atoms with van der Waals surface area (Å²) < 4.78 is 20.2. The summed E-state index contributed by atoms with van der Waals surface area (Å²) >= 11 is 0. The van der Waals surface area contributed by atoms with Gasteiger partial charge in [-0.1, -0.05) is 0 Å². The Balaban J connectivity index is 1.82. The number of morpholine rings is 1. The molecule has 8 nitrogen and oxygen atoms in total. The zero-order valence-electron chi connectivity index (χ0n) is 19.3. The molecule has 3 aromatic rings. The van der Waals surface area contributed by atoms with E-state index in [-0.39, 0.29) is 11.5 Å². The van der Waals surface area contributed by atoms with E-state index in [0.717, 1.165) is 54.4 Å². The van der Waals surface area contributed by atoms with Crippen LogP contribution in [0.15, 0.2) is 35.3 Å². The van der Waals surface area contributed by atoms with Crippen molar-refractivity contribution in [3.05, 3.63) is 46.4 Å². The maximum atomic E-state index is 12.3. The number of imidazole rings is 1. The summed E-state index contributed by atoms with van der Waals surface area (Å²) in [5.41, 5.74) is 4.76. The topological polar surface area (TPSA) is 70.8 Å². The number of ether oxygens (including phenoxy) is 3. The normalized spacial score (nSPS) is 14.6. The molecule has 4 rings (SSSR count). The molecule has 32 heavy (non-hydrogen) atoms. The molecule has 0 aliphatic carbocycles. The van der Waals surface area contributed by atoms with Crippen LogP contribution in [0.25, 0.3) is 22.4 Å². The first-order valence-corrected chi connectivity index (χ1v) is 11.0. The molecular formula is C24H32N4O4. The average molecular weight is 441 g/mol. The highest BCUT2D eigenvalue weighted by Gasteiger charge is 2.20. The van der Waals surface area contributed by atoms with Gasteiger partial charge in [-0.3, -0.25) is 4.79 Å². The Morgan fingerprint density at radius 3 is 2.50 bits per heavy atom. The maximum absolute atomic E-state index is 12.3. The number of hydrogen-bond donors (Lipinski definition) is 0. The molecule has 0 N–H and O–H groups in total. The molecule has 1 fully saturated rings. The molecule has 1 aliphatic rings.